The predicted octanol–water partition coefficient (Wildman–Crippen LogP) is 8.86. The van der Waals surface area contributed by atoms with Crippen LogP contribution in [0.4, 0.5) is 0 Å². The summed E-state index contributed by atoms with van der Waals surface area (Å²) in [7, 11) is 0. The summed E-state index contributed by atoms with van der Waals surface area (Å²) in [5, 5.41) is 2.79. The second-order valence-electron chi connectivity index (χ2n) is 11.2. The molecule has 0 bridgehead atoms. The molecule has 0 aromatic carbocycles. The maximum absolute atomic E-state index is 12.6. The normalized spacial score (nSPS) is 12.0. The topological polar surface area (TPSA) is 72.5 Å². The van der Waals surface area contributed by atoms with Gasteiger partial charge in [-0.15, -0.1) is 0 Å². The van der Waals surface area contributed by atoms with E-state index in [2.05, 4.69) is 19.2 Å². The van der Waals surface area contributed by atoms with E-state index in [0.717, 1.165) is 38.5 Å². The van der Waals surface area contributed by atoms with E-state index in [1.165, 1.54) is 89.9 Å². The quantitative estimate of drug-likeness (QED) is 0.0862. The number of carbonyl (C=O) groups is 3. The lowest BCUT2D eigenvalue weighted by Gasteiger charge is -2.18. The minimum absolute atomic E-state index is 0.0122. The summed E-state index contributed by atoms with van der Waals surface area (Å²) >= 11 is 0. The molecular weight excluding hydrogens is 462 g/mol. The summed E-state index contributed by atoms with van der Waals surface area (Å²) < 4.78 is 5.45. The number of hydrogen-bond acceptors (Lipinski definition) is 4. The van der Waals surface area contributed by atoms with Crippen LogP contribution in [-0.2, 0) is 19.1 Å². The summed E-state index contributed by atoms with van der Waals surface area (Å²) in [5.74, 6) is -0.824. The zero-order valence-electron chi connectivity index (χ0n) is 25.1. The molecule has 1 amide bonds. The van der Waals surface area contributed by atoms with Crippen molar-refractivity contribution in [2.45, 2.75) is 175 Å². The molecular formula is C32H61NO4. The summed E-state index contributed by atoms with van der Waals surface area (Å²) in [6.07, 6.45) is 24.7. The van der Waals surface area contributed by atoms with Gasteiger partial charge in [-0.25, -0.2) is 4.79 Å². The molecule has 0 saturated carbocycles. The molecule has 0 rings (SSSR count). The molecule has 0 aromatic rings. The fourth-order valence-electron chi connectivity index (χ4n) is 4.53. The minimum atomic E-state index is -0.867. The summed E-state index contributed by atoms with van der Waals surface area (Å²) in [6, 6.07) is -0.867. The smallest absolute Gasteiger partial charge is 0.329 e. The Kier molecular flexibility index (Phi) is 25.2. The average molecular weight is 524 g/mol. The highest BCUT2D eigenvalue weighted by molar-refractivity contribution is 5.90. The Labute approximate surface area is 229 Å². The van der Waals surface area contributed by atoms with Crippen molar-refractivity contribution in [3.63, 3.8) is 0 Å². The number of ketones is 1. The van der Waals surface area contributed by atoms with Crippen LogP contribution in [0.1, 0.15) is 169 Å². The number of esters is 1. The van der Waals surface area contributed by atoms with Crippen molar-refractivity contribution in [1.29, 1.82) is 0 Å². The van der Waals surface area contributed by atoms with Crippen molar-refractivity contribution in [3.05, 3.63) is 0 Å². The first-order chi connectivity index (χ1) is 17.9. The number of unbranched alkanes of at least 4 members (excludes halogenated alkanes) is 18. The molecule has 0 aliphatic rings. The molecule has 37 heavy (non-hydrogen) atoms. The number of ether oxygens (including phenoxy) is 1. The van der Waals surface area contributed by atoms with E-state index in [1.54, 1.807) is 0 Å². The van der Waals surface area contributed by atoms with E-state index >= 15 is 0 Å². The largest absolute Gasteiger partial charge is 0.464 e. The first kappa shape index (κ1) is 35.6. The molecule has 0 aromatic heterocycles. The molecule has 0 aliphatic carbocycles. The molecule has 218 valence electrons. The van der Waals surface area contributed by atoms with Gasteiger partial charge in [0.1, 0.15) is 11.8 Å². The fourth-order valence-corrected chi connectivity index (χ4v) is 4.53. The van der Waals surface area contributed by atoms with Crippen LogP contribution in [0.15, 0.2) is 0 Å². The second kappa shape index (κ2) is 26.2. The maximum Gasteiger partial charge on any atom is 0.329 e. The number of Topliss-reactive ketones (excluding diaryl/α,β-unsaturated/α-hetero) is 1. The fraction of sp³-hybridized carbons (Fsp3) is 0.906. The monoisotopic (exact) mass is 523 g/mol. The summed E-state index contributed by atoms with van der Waals surface area (Å²) in [6.45, 7) is 8.47. The molecule has 5 heteroatoms. The molecule has 1 N–H and O–H groups in total. The highest BCUT2D eigenvalue weighted by atomic mass is 16.5. The third-order valence-corrected chi connectivity index (χ3v) is 7.17. The van der Waals surface area contributed by atoms with Crippen LogP contribution < -0.4 is 5.32 Å². The van der Waals surface area contributed by atoms with Crippen LogP contribution in [-0.4, -0.2) is 30.3 Å². The Morgan fingerprint density at radius 3 is 1.43 bits per heavy atom. The molecule has 0 fully saturated rings. The third kappa shape index (κ3) is 23.5. The van der Waals surface area contributed by atoms with Crippen LogP contribution in [0.2, 0.25) is 0 Å². The van der Waals surface area contributed by atoms with E-state index in [1.807, 2.05) is 13.8 Å². The van der Waals surface area contributed by atoms with Crippen LogP contribution >= 0.6 is 0 Å². The zero-order chi connectivity index (χ0) is 27.6. The number of amides is 1. The number of nitrogens with one attached hydrogen (secondary N) is 1. The molecule has 0 spiro atoms. The SMILES string of the molecule is CCCCCCCCCCCCCC(=O)NC(CC(=O)C(C)C)C(=O)OCCCCCCCCCCC. The van der Waals surface area contributed by atoms with Crippen LogP contribution in [0, 0.1) is 5.92 Å². The van der Waals surface area contributed by atoms with Crippen molar-refractivity contribution < 1.29 is 19.1 Å². The van der Waals surface area contributed by atoms with Crippen LogP contribution in [0.3, 0.4) is 0 Å². The lowest BCUT2D eigenvalue weighted by atomic mass is 10.0. The zero-order valence-corrected chi connectivity index (χ0v) is 25.1. The Hall–Kier alpha value is -1.39. The van der Waals surface area contributed by atoms with E-state index in [4.69, 9.17) is 4.74 Å². The van der Waals surface area contributed by atoms with Gasteiger partial charge in [0.2, 0.25) is 5.91 Å². The van der Waals surface area contributed by atoms with Gasteiger partial charge in [-0.05, 0) is 12.8 Å². The molecule has 5 nitrogen and oxygen atoms in total. The standard InChI is InChI=1S/C32H61NO4/c1-5-7-9-11-13-15-16-17-19-21-23-25-31(35)33-29(27-30(34)28(3)4)32(36)37-26-24-22-20-18-14-12-10-8-6-2/h28-29H,5-27H2,1-4H3,(H,33,35). The van der Waals surface area contributed by atoms with Gasteiger partial charge in [-0.1, -0.05) is 143 Å². The van der Waals surface area contributed by atoms with Crippen molar-refractivity contribution in [1.82, 2.24) is 5.32 Å². The lowest BCUT2D eigenvalue weighted by molar-refractivity contribution is -0.149. The third-order valence-electron chi connectivity index (χ3n) is 7.17. The molecule has 1 atom stereocenters. The van der Waals surface area contributed by atoms with Gasteiger partial charge in [-0.3, -0.25) is 9.59 Å². The van der Waals surface area contributed by atoms with Gasteiger partial charge in [0.25, 0.3) is 0 Å². The van der Waals surface area contributed by atoms with E-state index in [-0.39, 0.29) is 24.0 Å². The molecule has 0 heterocycles. The number of carbonyl (C=O) groups excluding carboxylic acids is 3. The molecule has 0 saturated heterocycles. The van der Waals surface area contributed by atoms with Gasteiger partial charge in [0.15, 0.2) is 0 Å². The van der Waals surface area contributed by atoms with Gasteiger partial charge in [0, 0.05) is 18.8 Å². The highest BCUT2D eigenvalue weighted by Gasteiger charge is 2.26. The molecule has 0 radical (unpaired) electrons. The van der Waals surface area contributed by atoms with Crippen molar-refractivity contribution in [2.75, 3.05) is 6.61 Å². The van der Waals surface area contributed by atoms with E-state index in [0.29, 0.717) is 13.0 Å². The van der Waals surface area contributed by atoms with E-state index in [9.17, 15) is 14.4 Å². The first-order valence-electron chi connectivity index (χ1n) is 15.9. The second-order valence-corrected chi connectivity index (χ2v) is 11.2. The van der Waals surface area contributed by atoms with Crippen molar-refractivity contribution in [2.24, 2.45) is 5.92 Å². The van der Waals surface area contributed by atoms with Crippen LogP contribution in [0.5, 0.6) is 0 Å². The Morgan fingerprint density at radius 2 is 1.00 bits per heavy atom. The molecule has 1 unspecified atom stereocenters. The first-order valence-corrected chi connectivity index (χ1v) is 15.9. The van der Waals surface area contributed by atoms with Crippen LogP contribution in [0.25, 0.3) is 0 Å². The lowest BCUT2D eigenvalue weighted by Crippen LogP contribution is -2.43. The van der Waals surface area contributed by atoms with Crippen molar-refractivity contribution in [3.8, 4) is 0 Å². The highest BCUT2D eigenvalue weighted by Crippen LogP contribution is 2.13. The van der Waals surface area contributed by atoms with Gasteiger partial charge < -0.3 is 10.1 Å². The Balaban J connectivity index is 4.11. The van der Waals surface area contributed by atoms with Gasteiger partial charge in [0.05, 0.1) is 6.61 Å². The Morgan fingerprint density at radius 1 is 0.595 bits per heavy atom. The maximum atomic E-state index is 12.6. The van der Waals surface area contributed by atoms with Gasteiger partial charge in [-0.2, -0.15) is 0 Å². The molecule has 0 aliphatic heterocycles. The predicted molar refractivity (Wildman–Crippen MR) is 156 cm³/mol. The van der Waals surface area contributed by atoms with Gasteiger partial charge >= 0.3 is 5.97 Å². The summed E-state index contributed by atoms with van der Waals surface area (Å²) in [5.41, 5.74) is 0. The average Bonchev–Trinajstić information content (AvgIpc) is 2.87. The van der Waals surface area contributed by atoms with Crippen molar-refractivity contribution >= 4 is 17.7 Å². The summed E-state index contributed by atoms with van der Waals surface area (Å²) in [4.78, 5) is 37.4. The minimum Gasteiger partial charge on any atom is -0.464 e. The van der Waals surface area contributed by atoms with E-state index < -0.39 is 12.0 Å². The Bertz CT molecular complexity index is 561. The number of hydrogen-bond donors (Lipinski definition) is 1. The number of rotatable bonds is 27.